The molecule has 104 valence electrons. The molecule has 0 atom stereocenters. The van der Waals surface area contributed by atoms with Gasteiger partial charge in [-0.25, -0.2) is 0 Å². The molecule has 4 heteroatoms. The predicted molar refractivity (Wildman–Crippen MR) is 80.2 cm³/mol. The van der Waals surface area contributed by atoms with Crippen molar-refractivity contribution in [2.75, 3.05) is 12.3 Å². The largest absolute Gasteiger partial charge is 0.398 e. The van der Waals surface area contributed by atoms with Crippen molar-refractivity contribution < 1.29 is 4.79 Å². The lowest BCUT2D eigenvalue weighted by molar-refractivity contribution is 0.0751. The topological polar surface area (TPSA) is 59.2 Å². The highest BCUT2D eigenvalue weighted by molar-refractivity contribution is 5.99. The minimum Gasteiger partial charge on any atom is -0.398 e. The summed E-state index contributed by atoms with van der Waals surface area (Å²) in [4.78, 5) is 18.7. The van der Waals surface area contributed by atoms with Crippen LogP contribution in [0.1, 0.15) is 28.7 Å². The van der Waals surface area contributed by atoms with Gasteiger partial charge in [-0.05, 0) is 38.1 Å². The number of nitrogens with zero attached hydrogens (tertiary/aromatic N) is 2. The number of carbonyl (C=O) groups excluding carboxylic acids is 1. The zero-order valence-corrected chi connectivity index (χ0v) is 11.8. The lowest BCUT2D eigenvalue weighted by atomic mass is 10.1. The van der Waals surface area contributed by atoms with E-state index in [1.807, 2.05) is 44.2 Å². The number of pyridine rings is 1. The summed E-state index contributed by atoms with van der Waals surface area (Å²) >= 11 is 0. The second-order valence-corrected chi connectivity index (χ2v) is 4.68. The average Bonchev–Trinajstić information content (AvgIpc) is 2.44. The van der Waals surface area contributed by atoms with Gasteiger partial charge in [0.25, 0.3) is 5.91 Å². The molecule has 0 aliphatic rings. The fourth-order valence-corrected chi connectivity index (χ4v) is 2.07. The molecule has 2 rings (SSSR count). The van der Waals surface area contributed by atoms with Crippen molar-refractivity contribution in [3.05, 3.63) is 59.4 Å². The molecular formula is C16H19N3O. The third-order valence-corrected chi connectivity index (χ3v) is 3.16. The van der Waals surface area contributed by atoms with Crippen LogP contribution in [-0.4, -0.2) is 22.3 Å². The van der Waals surface area contributed by atoms with Crippen LogP contribution in [-0.2, 0) is 6.54 Å². The Morgan fingerprint density at radius 2 is 1.95 bits per heavy atom. The van der Waals surface area contributed by atoms with Gasteiger partial charge in [-0.1, -0.05) is 18.2 Å². The number of para-hydroxylation sites is 1. The Balaban J connectivity index is 2.20. The van der Waals surface area contributed by atoms with E-state index in [0.717, 1.165) is 11.4 Å². The van der Waals surface area contributed by atoms with Gasteiger partial charge < -0.3 is 10.6 Å². The molecule has 0 spiro atoms. The zero-order valence-electron chi connectivity index (χ0n) is 11.8. The van der Waals surface area contributed by atoms with Crippen LogP contribution < -0.4 is 5.73 Å². The predicted octanol–water partition coefficient (Wildman–Crippen LogP) is 2.63. The highest BCUT2D eigenvalue weighted by Gasteiger charge is 2.17. The number of anilines is 1. The lowest BCUT2D eigenvalue weighted by Crippen LogP contribution is -2.31. The molecule has 4 nitrogen and oxygen atoms in total. The van der Waals surface area contributed by atoms with Gasteiger partial charge in [0.05, 0.1) is 17.8 Å². The molecule has 0 fully saturated rings. The fraction of sp³-hybridized carbons (Fsp3) is 0.250. The first-order valence-corrected chi connectivity index (χ1v) is 6.68. The Hall–Kier alpha value is -2.36. The number of rotatable bonds is 4. The normalized spacial score (nSPS) is 10.3. The smallest absolute Gasteiger partial charge is 0.256 e. The lowest BCUT2D eigenvalue weighted by Gasteiger charge is -2.21. The summed E-state index contributed by atoms with van der Waals surface area (Å²) in [6.45, 7) is 5.00. The third-order valence-electron chi connectivity index (χ3n) is 3.16. The SMILES string of the molecule is CCN(Cc1cccc(C)n1)C(=O)c1ccccc1N. The summed E-state index contributed by atoms with van der Waals surface area (Å²) in [5.41, 5.74) is 8.75. The van der Waals surface area contributed by atoms with Crippen molar-refractivity contribution >= 4 is 11.6 Å². The number of benzene rings is 1. The minimum absolute atomic E-state index is 0.0612. The quantitative estimate of drug-likeness (QED) is 0.868. The molecule has 1 aromatic heterocycles. The number of hydrogen-bond donors (Lipinski definition) is 1. The van der Waals surface area contributed by atoms with Crippen molar-refractivity contribution in [3.63, 3.8) is 0 Å². The van der Waals surface area contributed by atoms with Gasteiger partial charge in [-0.2, -0.15) is 0 Å². The Morgan fingerprint density at radius 3 is 2.60 bits per heavy atom. The van der Waals surface area contributed by atoms with E-state index in [2.05, 4.69) is 4.98 Å². The van der Waals surface area contributed by atoms with Crippen LogP contribution in [0, 0.1) is 6.92 Å². The molecule has 0 saturated carbocycles. The first kappa shape index (κ1) is 14.1. The molecular weight excluding hydrogens is 250 g/mol. The number of aryl methyl sites for hydroxylation is 1. The number of carbonyl (C=O) groups is 1. The molecule has 2 aromatic rings. The van der Waals surface area contributed by atoms with Crippen LogP contribution in [0.3, 0.4) is 0 Å². The van der Waals surface area contributed by atoms with Gasteiger partial charge in [-0.15, -0.1) is 0 Å². The fourth-order valence-electron chi connectivity index (χ4n) is 2.07. The highest BCUT2D eigenvalue weighted by atomic mass is 16.2. The van der Waals surface area contributed by atoms with E-state index in [1.165, 1.54) is 0 Å². The van der Waals surface area contributed by atoms with E-state index in [4.69, 9.17) is 5.73 Å². The first-order chi connectivity index (χ1) is 9.61. The molecule has 0 saturated heterocycles. The maximum atomic E-state index is 12.5. The van der Waals surface area contributed by atoms with E-state index in [-0.39, 0.29) is 5.91 Å². The molecule has 0 aliphatic carbocycles. The van der Waals surface area contributed by atoms with Crippen LogP contribution in [0.25, 0.3) is 0 Å². The Bertz CT molecular complexity index is 610. The zero-order chi connectivity index (χ0) is 14.5. The van der Waals surface area contributed by atoms with E-state index in [9.17, 15) is 4.79 Å². The summed E-state index contributed by atoms with van der Waals surface area (Å²) in [5.74, 6) is -0.0612. The maximum absolute atomic E-state index is 12.5. The number of nitrogen functional groups attached to an aromatic ring is 1. The number of amides is 1. The van der Waals surface area contributed by atoms with Crippen molar-refractivity contribution in [1.29, 1.82) is 0 Å². The van der Waals surface area contributed by atoms with E-state index in [1.54, 1.807) is 17.0 Å². The summed E-state index contributed by atoms with van der Waals surface area (Å²) in [6, 6.07) is 13.0. The highest BCUT2D eigenvalue weighted by Crippen LogP contribution is 2.15. The summed E-state index contributed by atoms with van der Waals surface area (Å²) in [5, 5.41) is 0. The molecule has 0 radical (unpaired) electrons. The Morgan fingerprint density at radius 1 is 1.20 bits per heavy atom. The molecule has 0 unspecified atom stereocenters. The summed E-state index contributed by atoms with van der Waals surface area (Å²) < 4.78 is 0. The molecule has 20 heavy (non-hydrogen) atoms. The van der Waals surface area contributed by atoms with E-state index < -0.39 is 0 Å². The van der Waals surface area contributed by atoms with Gasteiger partial charge in [0, 0.05) is 17.9 Å². The van der Waals surface area contributed by atoms with E-state index >= 15 is 0 Å². The summed E-state index contributed by atoms with van der Waals surface area (Å²) in [6.07, 6.45) is 0. The molecule has 0 aliphatic heterocycles. The second-order valence-electron chi connectivity index (χ2n) is 4.68. The Labute approximate surface area is 119 Å². The van der Waals surface area contributed by atoms with Gasteiger partial charge >= 0.3 is 0 Å². The van der Waals surface area contributed by atoms with Crippen LogP contribution in [0.4, 0.5) is 5.69 Å². The van der Waals surface area contributed by atoms with Gasteiger partial charge in [-0.3, -0.25) is 9.78 Å². The van der Waals surface area contributed by atoms with Crippen LogP contribution in [0.2, 0.25) is 0 Å². The number of aromatic nitrogens is 1. The third kappa shape index (κ3) is 3.15. The second kappa shape index (κ2) is 6.19. The van der Waals surface area contributed by atoms with Crippen molar-refractivity contribution in [2.24, 2.45) is 0 Å². The molecule has 1 heterocycles. The molecule has 1 aromatic carbocycles. The standard InChI is InChI=1S/C16H19N3O/c1-3-19(11-13-8-6-7-12(2)18-13)16(20)14-9-4-5-10-15(14)17/h4-10H,3,11,17H2,1-2H3. The number of hydrogen-bond acceptors (Lipinski definition) is 3. The van der Waals surface area contributed by atoms with Crippen LogP contribution in [0.5, 0.6) is 0 Å². The molecule has 1 amide bonds. The summed E-state index contributed by atoms with van der Waals surface area (Å²) in [7, 11) is 0. The van der Waals surface area contributed by atoms with Crippen molar-refractivity contribution in [3.8, 4) is 0 Å². The van der Waals surface area contributed by atoms with Crippen molar-refractivity contribution in [1.82, 2.24) is 9.88 Å². The van der Waals surface area contributed by atoms with Gasteiger partial charge in [0.2, 0.25) is 0 Å². The maximum Gasteiger partial charge on any atom is 0.256 e. The van der Waals surface area contributed by atoms with Gasteiger partial charge in [0.15, 0.2) is 0 Å². The van der Waals surface area contributed by atoms with Gasteiger partial charge in [0.1, 0.15) is 0 Å². The average molecular weight is 269 g/mol. The first-order valence-electron chi connectivity index (χ1n) is 6.68. The monoisotopic (exact) mass is 269 g/mol. The van der Waals surface area contributed by atoms with E-state index in [0.29, 0.717) is 24.3 Å². The molecule has 2 N–H and O–H groups in total. The van der Waals surface area contributed by atoms with Crippen LogP contribution in [0.15, 0.2) is 42.5 Å². The molecule has 0 bridgehead atoms. The van der Waals surface area contributed by atoms with Crippen molar-refractivity contribution in [2.45, 2.75) is 20.4 Å². The number of nitrogens with two attached hydrogens (primary N) is 1. The minimum atomic E-state index is -0.0612. The van der Waals surface area contributed by atoms with Crippen LogP contribution >= 0.6 is 0 Å². The Kier molecular flexibility index (Phi) is 4.35.